The van der Waals surface area contributed by atoms with Crippen LogP contribution in [0.5, 0.6) is 0 Å². The van der Waals surface area contributed by atoms with Crippen LogP contribution >= 0.6 is 11.8 Å². The van der Waals surface area contributed by atoms with Gasteiger partial charge in [0.2, 0.25) is 5.91 Å². The molecule has 1 heterocycles. The summed E-state index contributed by atoms with van der Waals surface area (Å²) in [7, 11) is 0. The first-order valence-corrected chi connectivity index (χ1v) is 5.58. The fourth-order valence-electron chi connectivity index (χ4n) is 1.54. The molecule has 1 fully saturated rings. The summed E-state index contributed by atoms with van der Waals surface area (Å²) in [6.45, 7) is 1.09. The molecule has 1 amide bonds. The molecule has 0 radical (unpaired) electrons. The summed E-state index contributed by atoms with van der Waals surface area (Å²) >= 11 is 1.55. The van der Waals surface area contributed by atoms with E-state index < -0.39 is 0 Å². The van der Waals surface area contributed by atoms with Crippen LogP contribution in [-0.2, 0) is 4.79 Å². The highest BCUT2D eigenvalue weighted by molar-refractivity contribution is 7.99. The van der Waals surface area contributed by atoms with E-state index in [4.69, 9.17) is 5.73 Å². The summed E-state index contributed by atoms with van der Waals surface area (Å²) in [5.74, 6) is -0.184. The van der Waals surface area contributed by atoms with Crippen molar-refractivity contribution in [2.24, 2.45) is 5.73 Å². The van der Waals surface area contributed by atoms with E-state index in [1.54, 1.807) is 11.8 Å². The van der Waals surface area contributed by atoms with Crippen molar-refractivity contribution >= 4 is 17.7 Å². The Bertz CT molecular complexity index is 157. The van der Waals surface area contributed by atoms with Gasteiger partial charge < -0.3 is 11.1 Å². The number of nitrogens with two attached hydrogens (primary N) is 1. The van der Waals surface area contributed by atoms with E-state index in [2.05, 4.69) is 5.32 Å². The van der Waals surface area contributed by atoms with Crippen molar-refractivity contribution in [3.05, 3.63) is 0 Å². The van der Waals surface area contributed by atoms with Crippen LogP contribution in [0.25, 0.3) is 0 Å². The van der Waals surface area contributed by atoms with Crippen LogP contribution < -0.4 is 11.1 Å². The second-order valence-corrected chi connectivity index (χ2v) is 4.20. The molecule has 2 atom stereocenters. The standard InChI is InChI=1S/C8H16N2OS/c1-12-7(8(9)11)5-6-3-2-4-10-6/h6-7,10H,2-5H2,1H3,(H2,9,11). The molecule has 3 N–H and O–H groups in total. The van der Waals surface area contributed by atoms with Crippen LogP contribution in [0.2, 0.25) is 0 Å². The average molecular weight is 188 g/mol. The summed E-state index contributed by atoms with van der Waals surface area (Å²) in [4.78, 5) is 10.9. The number of rotatable bonds is 4. The number of carbonyl (C=O) groups excluding carboxylic acids is 1. The largest absolute Gasteiger partial charge is 0.369 e. The maximum atomic E-state index is 10.9. The average Bonchev–Trinajstić information content (AvgIpc) is 2.51. The molecule has 0 aromatic rings. The van der Waals surface area contributed by atoms with Crippen molar-refractivity contribution in [2.75, 3.05) is 12.8 Å². The maximum absolute atomic E-state index is 10.9. The van der Waals surface area contributed by atoms with Gasteiger partial charge in [0.1, 0.15) is 0 Å². The predicted octanol–water partition coefficient (Wildman–Crippen LogP) is 0.345. The Hall–Kier alpha value is -0.220. The van der Waals surface area contributed by atoms with Gasteiger partial charge >= 0.3 is 0 Å². The third-order valence-corrected chi connectivity index (χ3v) is 3.26. The number of carbonyl (C=O) groups is 1. The SMILES string of the molecule is CSC(CC1CCCN1)C(N)=O. The molecule has 0 saturated carbocycles. The predicted molar refractivity (Wildman–Crippen MR) is 52.1 cm³/mol. The van der Waals surface area contributed by atoms with Gasteiger partial charge in [-0.05, 0) is 32.1 Å². The summed E-state index contributed by atoms with van der Waals surface area (Å²) in [6.07, 6.45) is 5.23. The van der Waals surface area contributed by atoms with Gasteiger partial charge in [-0.2, -0.15) is 11.8 Å². The zero-order valence-corrected chi connectivity index (χ0v) is 8.19. The van der Waals surface area contributed by atoms with Crippen molar-refractivity contribution in [3.63, 3.8) is 0 Å². The lowest BCUT2D eigenvalue weighted by Gasteiger charge is -2.15. The Labute approximate surface area is 77.5 Å². The normalized spacial score (nSPS) is 25.6. The fourth-order valence-corrected chi connectivity index (χ4v) is 2.20. The molecule has 0 aliphatic carbocycles. The second kappa shape index (κ2) is 4.72. The van der Waals surface area contributed by atoms with Gasteiger partial charge in [-0.3, -0.25) is 4.79 Å². The van der Waals surface area contributed by atoms with E-state index in [1.165, 1.54) is 12.8 Å². The zero-order chi connectivity index (χ0) is 8.97. The Morgan fingerprint density at radius 1 is 1.83 bits per heavy atom. The Kier molecular flexibility index (Phi) is 3.88. The van der Waals surface area contributed by atoms with Gasteiger partial charge in [0.15, 0.2) is 0 Å². The summed E-state index contributed by atoms with van der Waals surface area (Å²) in [6, 6.07) is 0.509. The minimum Gasteiger partial charge on any atom is -0.369 e. The van der Waals surface area contributed by atoms with Gasteiger partial charge in [0.25, 0.3) is 0 Å². The lowest BCUT2D eigenvalue weighted by molar-refractivity contribution is -0.117. The van der Waals surface area contributed by atoms with E-state index in [9.17, 15) is 4.79 Å². The highest BCUT2D eigenvalue weighted by atomic mass is 32.2. The van der Waals surface area contributed by atoms with Crippen LogP contribution in [0, 0.1) is 0 Å². The molecule has 3 nitrogen and oxygen atoms in total. The molecule has 4 heteroatoms. The first-order valence-electron chi connectivity index (χ1n) is 4.29. The minimum atomic E-state index is -0.184. The quantitative estimate of drug-likeness (QED) is 0.669. The van der Waals surface area contributed by atoms with E-state index >= 15 is 0 Å². The highest BCUT2D eigenvalue weighted by Gasteiger charge is 2.21. The molecule has 0 bridgehead atoms. The zero-order valence-electron chi connectivity index (χ0n) is 7.38. The Morgan fingerprint density at radius 3 is 3.00 bits per heavy atom. The molecule has 2 unspecified atom stereocenters. The highest BCUT2D eigenvalue weighted by Crippen LogP contribution is 2.17. The first kappa shape index (κ1) is 9.86. The Balaban J connectivity index is 2.30. The van der Waals surface area contributed by atoms with Gasteiger partial charge in [0.05, 0.1) is 5.25 Å². The molecule has 1 rings (SSSR count). The molecule has 1 saturated heterocycles. The summed E-state index contributed by atoms with van der Waals surface area (Å²) in [5.41, 5.74) is 5.24. The molecule has 70 valence electrons. The molecule has 1 aliphatic heterocycles. The van der Waals surface area contributed by atoms with Gasteiger partial charge in [0, 0.05) is 6.04 Å². The third-order valence-electron chi connectivity index (χ3n) is 2.26. The molecular formula is C8H16N2OS. The maximum Gasteiger partial charge on any atom is 0.230 e. The molecule has 0 spiro atoms. The number of amides is 1. The van der Waals surface area contributed by atoms with E-state index in [-0.39, 0.29) is 11.2 Å². The van der Waals surface area contributed by atoms with Crippen molar-refractivity contribution in [1.82, 2.24) is 5.32 Å². The smallest absolute Gasteiger partial charge is 0.230 e. The van der Waals surface area contributed by atoms with Gasteiger partial charge in [-0.15, -0.1) is 0 Å². The fraction of sp³-hybridized carbons (Fsp3) is 0.875. The molecular weight excluding hydrogens is 172 g/mol. The van der Waals surface area contributed by atoms with E-state index in [0.717, 1.165) is 13.0 Å². The lowest BCUT2D eigenvalue weighted by atomic mass is 10.1. The van der Waals surface area contributed by atoms with Crippen molar-refractivity contribution in [2.45, 2.75) is 30.6 Å². The summed E-state index contributed by atoms with van der Waals surface area (Å²) < 4.78 is 0. The first-order chi connectivity index (χ1) is 5.74. The number of primary amides is 1. The number of nitrogens with one attached hydrogen (secondary N) is 1. The van der Waals surface area contributed by atoms with Crippen molar-refractivity contribution in [3.8, 4) is 0 Å². The van der Waals surface area contributed by atoms with Crippen molar-refractivity contribution in [1.29, 1.82) is 0 Å². The number of thioether (sulfide) groups is 1. The van der Waals surface area contributed by atoms with E-state index in [0.29, 0.717) is 6.04 Å². The second-order valence-electron chi connectivity index (χ2n) is 3.16. The molecule has 0 aromatic carbocycles. The van der Waals surface area contributed by atoms with Crippen LogP contribution in [0.1, 0.15) is 19.3 Å². The van der Waals surface area contributed by atoms with Gasteiger partial charge in [-0.1, -0.05) is 0 Å². The molecule has 12 heavy (non-hydrogen) atoms. The molecule has 0 aromatic heterocycles. The van der Waals surface area contributed by atoms with Crippen LogP contribution in [0.3, 0.4) is 0 Å². The monoisotopic (exact) mass is 188 g/mol. The number of hydrogen-bond acceptors (Lipinski definition) is 3. The number of hydrogen-bond donors (Lipinski definition) is 2. The Morgan fingerprint density at radius 2 is 2.58 bits per heavy atom. The van der Waals surface area contributed by atoms with Crippen LogP contribution in [0.15, 0.2) is 0 Å². The summed E-state index contributed by atoms with van der Waals surface area (Å²) in [5, 5.41) is 3.34. The topological polar surface area (TPSA) is 55.1 Å². The molecule has 1 aliphatic rings. The lowest BCUT2D eigenvalue weighted by Crippen LogP contribution is -2.33. The van der Waals surface area contributed by atoms with Crippen LogP contribution in [-0.4, -0.2) is 30.0 Å². The van der Waals surface area contributed by atoms with Crippen LogP contribution in [0.4, 0.5) is 0 Å². The van der Waals surface area contributed by atoms with E-state index in [1.807, 2.05) is 6.26 Å². The minimum absolute atomic E-state index is 0.0133. The van der Waals surface area contributed by atoms with Crippen molar-refractivity contribution < 1.29 is 4.79 Å². The van der Waals surface area contributed by atoms with Gasteiger partial charge in [-0.25, -0.2) is 0 Å². The third kappa shape index (κ3) is 2.68.